The van der Waals surface area contributed by atoms with Crippen molar-refractivity contribution < 1.29 is 4.79 Å². The van der Waals surface area contributed by atoms with E-state index in [4.69, 9.17) is 0 Å². The zero-order chi connectivity index (χ0) is 13.3. The van der Waals surface area contributed by atoms with Crippen molar-refractivity contribution >= 4 is 11.6 Å². The summed E-state index contributed by atoms with van der Waals surface area (Å²) in [5, 5.41) is 6.21. The normalized spacial score (nSPS) is 18.0. The first-order valence-electron chi connectivity index (χ1n) is 6.55. The fourth-order valence-electron chi connectivity index (χ4n) is 2.10. The molecule has 2 N–H and O–H groups in total. The van der Waals surface area contributed by atoms with Crippen LogP contribution in [0.5, 0.6) is 0 Å². The van der Waals surface area contributed by atoms with Crippen LogP contribution >= 0.6 is 0 Å². The van der Waals surface area contributed by atoms with Crippen molar-refractivity contribution in [1.29, 1.82) is 0 Å². The van der Waals surface area contributed by atoms with E-state index in [1.165, 1.54) is 18.4 Å². The first kappa shape index (κ1) is 12.9. The van der Waals surface area contributed by atoms with Crippen LogP contribution < -0.4 is 10.6 Å². The Morgan fingerprint density at radius 2 is 2.06 bits per heavy atom. The third kappa shape index (κ3) is 2.50. The summed E-state index contributed by atoms with van der Waals surface area (Å²) in [5.74, 6) is -0.0386. The molecule has 2 rings (SSSR count). The minimum atomic E-state index is -0.0386. The van der Waals surface area contributed by atoms with Gasteiger partial charge in [-0.1, -0.05) is 13.0 Å². The van der Waals surface area contributed by atoms with Crippen LogP contribution in [0, 0.1) is 12.3 Å². The fourth-order valence-corrected chi connectivity index (χ4v) is 2.10. The lowest BCUT2D eigenvalue weighted by molar-refractivity contribution is 0.0963. The predicted molar refractivity (Wildman–Crippen MR) is 75.0 cm³/mol. The van der Waals surface area contributed by atoms with Crippen LogP contribution in [0.25, 0.3) is 0 Å². The van der Waals surface area contributed by atoms with Crippen molar-refractivity contribution in [3.05, 3.63) is 29.3 Å². The fraction of sp³-hybridized carbons (Fsp3) is 0.533. The van der Waals surface area contributed by atoms with Crippen LogP contribution in [-0.4, -0.2) is 19.0 Å². The Labute approximate surface area is 109 Å². The van der Waals surface area contributed by atoms with E-state index in [0.717, 1.165) is 5.69 Å². The number of nitrogens with one attached hydrogen (secondary N) is 2. The van der Waals surface area contributed by atoms with Crippen LogP contribution in [0.15, 0.2) is 18.2 Å². The molecule has 98 valence electrons. The van der Waals surface area contributed by atoms with E-state index in [2.05, 4.69) is 31.4 Å². The molecule has 1 saturated carbocycles. The van der Waals surface area contributed by atoms with E-state index in [1.807, 2.05) is 18.2 Å². The van der Waals surface area contributed by atoms with E-state index in [9.17, 15) is 4.79 Å². The van der Waals surface area contributed by atoms with E-state index in [-0.39, 0.29) is 5.91 Å². The van der Waals surface area contributed by atoms with E-state index in [0.29, 0.717) is 17.0 Å². The smallest absolute Gasteiger partial charge is 0.251 e. The molecule has 1 aliphatic carbocycles. The number of hydrogen-bond donors (Lipinski definition) is 2. The van der Waals surface area contributed by atoms with Crippen molar-refractivity contribution in [3.8, 4) is 0 Å². The molecule has 0 heterocycles. The van der Waals surface area contributed by atoms with Crippen molar-refractivity contribution in [2.24, 2.45) is 5.41 Å². The summed E-state index contributed by atoms with van der Waals surface area (Å²) in [4.78, 5) is 11.6. The Bertz CT molecular complexity index is 464. The van der Waals surface area contributed by atoms with Gasteiger partial charge >= 0.3 is 0 Å². The molecule has 3 nitrogen and oxygen atoms in total. The Morgan fingerprint density at radius 3 is 2.61 bits per heavy atom. The van der Waals surface area contributed by atoms with Gasteiger partial charge in [0.2, 0.25) is 0 Å². The second-order valence-corrected chi connectivity index (χ2v) is 5.63. The Kier molecular flexibility index (Phi) is 3.33. The number of carbonyl (C=O) groups is 1. The Balaban J connectivity index is 2.18. The van der Waals surface area contributed by atoms with Gasteiger partial charge in [-0.25, -0.2) is 0 Å². The zero-order valence-corrected chi connectivity index (χ0v) is 11.6. The maximum absolute atomic E-state index is 11.6. The maximum Gasteiger partial charge on any atom is 0.251 e. The van der Waals surface area contributed by atoms with Gasteiger partial charge < -0.3 is 10.6 Å². The van der Waals surface area contributed by atoms with Crippen molar-refractivity contribution in [2.75, 3.05) is 12.4 Å². The molecule has 1 unspecified atom stereocenters. The van der Waals surface area contributed by atoms with Crippen LogP contribution in [0.2, 0.25) is 0 Å². The standard InChI is InChI=1S/C15H22N2O/c1-10-5-6-12(14(18)16-4)9-13(10)17-11(2)15(3)7-8-15/h5-6,9,11,17H,7-8H2,1-4H3,(H,16,18). The van der Waals surface area contributed by atoms with Crippen molar-refractivity contribution in [1.82, 2.24) is 5.32 Å². The maximum atomic E-state index is 11.6. The van der Waals surface area contributed by atoms with Crippen molar-refractivity contribution in [3.63, 3.8) is 0 Å². The highest BCUT2D eigenvalue weighted by Gasteiger charge is 2.42. The molecular formula is C15H22N2O. The first-order chi connectivity index (χ1) is 8.46. The van der Waals surface area contributed by atoms with Crippen LogP contribution in [-0.2, 0) is 0 Å². The zero-order valence-electron chi connectivity index (χ0n) is 11.6. The van der Waals surface area contributed by atoms with Gasteiger partial charge in [-0.3, -0.25) is 4.79 Å². The van der Waals surface area contributed by atoms with Gasteiger partial charge in [-0.2, -0.15) is 0 Å². The monoisotopic (exact) mass is 246 g/mol. The SMILES string of the molecule is CNC(=O)c1ccc(C)c(NC(C)C2(C)CC2)c1. The number of carbonyl (C=O) groups excluding carboxylic acids is 1. The third-order valence-corrected chi connectivity index (χ3v) is 4.18. The summed E-state index contributed by atoms with van der Waals surface area (Å²) < 4.78 is 0. The molecule has 18 heavy (non-hydrogen) atoms. The first-order valence-corrected chi connectivity index (χ1v) is 6.55. The average molecular weight is 246 g/mol. The number of amides is 1. The molecule has 0 aromatic heterocycles. The number of benzene rings is 1. The molecule has 0 aliphatic heterocycles. The molecule has 1 fully saturated rings. The van der Waals surface area contributed by atoms with Crippen LogP contribution in [0.3, 0.4) is 0 Å². The quantitative estimate of drug-likeness (QED) is 0.857. The lowest BCUT2D eigenvalue weighted by atomic mass is 9.99. The molecule has 1 aromatic rings. The average Bonchev–Trinajstić information content (AvgIpc) is 3.10. The highest BCUT2D eigenvalue weighted by molar-refractivity contribution is 5.95. The van der Waals surface area contributed by atoms with Crippen LogP contribution in [0.4, 0.5) is 5.69 Å². The highest BCUT2D eigenvalue weighted by Crippen LogP contribution is 2.48. The minimum Gasteiger partial charge on any atom is -0.382 e. The van der Waals surface area contributed by atoms with Gasteiger partial charge in [-0.15, -0.1) is 0 Å². The highest BCUT2D eigenvalue weighted by atomic mass is 16.1. The molecule has 0 saturated heterocycles. The second-order valence-electron chi connectivity index (χ2n) is 5.63. The summed E-state index contributed by atoms with van der Waals surface area (Å²) >= 11 is 0. The third-order valence-electron chi connectivity index (χ3n) is 4.18. The molecule has 1 aromatic carbocycles. The lowest BCUT2D eigenvalue weighted by Gasteiger charge is -2.23. The lowest BCUT2D eigenvalue weighted by Crippen LogP contribution is -2.25. The van der Waals surface area contributed by atoms with Crippen molar-refractivity contribution in [2.45, 2.75) is 39.7 Å². The van der Waals surface area contributed by atoms with E-state index >= 15 is 0 Å². The number of aryl methyl sites for hydroxylation is 1. The molecule has 1 aliphatic rings. The summed E-state index contributed by atoms with van der Waals surface area (Å²) in [6.07, 6.45) is 2.57. The summed E-state index contributed by atoms with van der Waals surface area (Å²) in [7, 11) is 1.66. The molecular weight excluding hydrogens is 224 g/mol. The number of anilines is 1. The molecule has 3 heteroatoms. The topological polar surface area (TPSA) is 41.1 Å². The van der Waals surface area contributed by atoms with Gasteiger partial charge in [0.1, 0.15) is 0 Å². The molecule has 0 spiro atoms. The van der Waals surface area contributed by atoms with Gasteiger partial charge in [0.05, 0.1) is 0 Å². The molecule has 1 atom stereocenters. The van der Waals surface area contributed by atoms with Crippen LogP contribution in [0.1, 0.15) is 42.6 Å². The van der Waals surface area contributed by atoms with E-state index in [1.54, 1.807) is 7.05 Å². The molecule has 0 radical (unpaired) electrons. The van der Waals surface area contributed by atoms with Gasteiger partial charge in [0, 0.05) is 24.3 Å². The molecule has 1 amide bonds. The second kappa shape index (κ2) is 4.63. The molecule has 0 bridgehead atoms. The number of rotatable bonds is 4. The van der Waals surface area contributed by atoms with Gasteiger partial charge in [0.25, 0.3) is 5.91 Å². The van der Waals surface area contributed by atoms with Gasteiger partial charge in [-0.05, 0) is 49.8 Å². The van der Waals surface area contributed by atoms with Gasteiger partial charge in [0.15, 0.2) is 0 Å². The van der Waals surface area contributed by atoms with E-state index < -0.39 is 0 Å². The Morgan fingerprint density at radius 1 is 1.39 bits per heavy atom. The predicted octanol–water partition coefficient (Wildman–Crippen LogP) is 2.96. The summed E-state index contributed by atoms with van der Waals surface area (Å²) in [6.45, 7) is 6.60. The number of hydrogen-bond acceptors (Lipinski definition) is 2. The summed E-state index contributed by atoms with van der Waals surface area (Å²) in [5.41, 5.74) is 3.38. The summed E-state index contributed by atoms with van der Waals surface area (Å²) in [6, 6.07) is 6.24. The Hall–Kier alpha value is -1.51. The largest absolute Gasteiger partial charge is 0.382 e. The minimum absolute atomic E-state index is 0.0386.